The molecule has 0 spiro atoms. The fraction of sp³-hybridized carbons (Fsp3) is 0.400. The molecule has 0 nitrogen and oxygen atoms in total. The first-order valence-corrected chi connectivity index (χ1v) is 5.15. The van der Waals surface area contributed by atoms with Crippen LogP contribution >= 0.6 is 0 Å². The summed E-state index contributed by atoms with van der Waals surface area (Å²) in [7, 11) is 0. The molecule has 0 amide bonds. The molecule has 0 radical (unpaired) electrons. The molecule has 138 valence electrons. The van der Waals surface area contributed by atoms with E-state index in [-0.39, 0.29) is 0 Å². The monoisotopic (exact) mass is 386 g/mol. The van der Waals surface area contributed by atoms with Crippen molar-refractivity contribution in [3.8, 4) is 0 Å². The Hall–Kier alpha value is -1.76. The summed E-state index contributed by atoms with van der Waals surface area (Å²) in [5.74, 6) is -22.4. The lowest BCUT2D eigenvalue weighted by Gasteiger charge is -2.23. The largest absolute Gasteiger partial charge is 0.419 e. The van der Waals surface area contributed by atoms with E-state index in [0.717, 1.165) is 0 Å². The van der Waals surface area contributed by atoms with Crippen molar-refractivity contribution in [2.45, 2.75) is 24.2 Å². The summed E-state index contributed by atoms with van der Waals surface area (Å²) in [6, 6.07) is 0. The molecule has 0 heterocycles. The predicted octanol–water partition coefficient (Wildman–Crippen LogP) is 5.99. The van der Waals surface area contributed by atoms with Crippen LogP contribution in [0.5, 0.6) is 0 Å². The minimum absolute atomic E-state index is 3.78. The van der Waals surface area contributed by atoms with Gasteiger partial charge < -0.3 is 0 Å². The molecule has 1 rings (SSSR count). The van der Waals surface area contributed by atoms with Crippen LogP contribution in [-0.2, 0) is 0 Å². The van der Waals surface area contributed by atoms with E-state index in [1.165, 1.54) is 0 Å². The van der Waals surface area contributed by atoms with Gasteiger partial charge in [0.1, 0.15) is 11.1 Å². The Morgan fingerprint density at radius 2 is 0.875 bits per heavy atom. The minimum atomic E-state index is -6.81. The van der Waals surface area contributed by atoms with Gasteiger partial charge in [0.25, 0.3) is 6.08 Å². The number of hydrogen-bond acceptors (Lipinski definition) is 0. The molecule has 0 aromatic rings. The molecule has 0 N–H and O–H groups in total. The molecule has 1 aliphatic rings. The van der Waals surface area contributed by atoms with Gasteiger partial charge in [-0.3, -0.25) is 0 Å². The number of halogens is 14. The van der Waals surface area contributed by atoms with E-state index in [4.69, 9.17) is 0 Å². The Morgan fingerprint density at radius 3 is 1.04 bits per heavy atom. The van der Waals surface area contributed by atoms with Gasteiger partial charge >= 0.3 is 24.2 Å². The van der Waals surface area contributed by atoms with Gasteiger partial charge in [0.05, 0.1) is 5.57 Å². The van der Waals surface area contributed by atoms with Crippen molar-refractivity contribution in [1.29, 1.82) is 0 Å². The highest BCUT2D eigenvalue weighted by molar-refractivity contribution is 5.58. The van der Waals surface area contributed by atoms with Gasteiger partial charge in [-0.15, -0.1) is 0 Å². The van der Waals surface area contributed by atoms with E-state index in [1.54, 1.807) is 0 Å². The smallest absolute Gasteiger partial charge is 0.204 e. The van der Waals surface area contributed by atoms with E-state index in [9.17, 15) is 61.5 Å². The van der Waals surface area contributed by atoms with Crippen molar-refractivity contribution in [2.75, 3.05) is 0 Å². The molecule has 0 fully saturated rings. The third kappa shape index (κ3) is 2.85. The number of allylic oxidation sites excluding steroid dienone is 5. The molecule has 24 heavy (non-hydrogen) atoms. The van der Waals surface area contributed by atoms with Gasteiger partial charge in [0, 0.05) is 0 Å². The van der Waals surface area contributed by atoms with E-state index in [0.29, 0.717) is 0 Å². The van der Waals surface area contributed by atoms with Gasteiger partial charge in [0.2, 0.25) is 0 Å². The van der Waals surface area contributed by atoms with Crippen molar-refractivity contribution >= 4 is 0 Å². The zero-order valence-corrected chi connectivity index (χ0v) is 10.3. The van der Waals surface area contributed by atoms with Gasteiger partial charge in [0.15, 0.2) is 11.7 Å². The molecule has 0 saturated carbocycles. The lowest BCUT2D eigenvalue weighted by molar-refractivity contribution is -0.186. The Labute approximate surface area is 121 Å². The van der Waals surface area contributed by atoms with Crippen LogP contribution in [0.2, 0.25) is 0 Å². The molecule has 0 aromatic carbocycles. The first-order valence-electron chi connectivity index (χ1n) is 5.15. The second kappa shape index (κ2) is 5.37. The summed E-state index contributed by atoms with van der Waals surface area (Å²) in [6.45, 7) is 0. The van der Waals surface area contributed by atoms with Crippen LogP contribution < -0.4 is 0 Å². The molecular weight excluding hydrogens is 386 g/mol. The first-order chi connectivity index (χ1) is 10.4. The molecule has 0 unspecified atom stereocenters. The first kappa shape index (κ1) is 20.3. The second-order valence-electron chi connectivity index (χ2n) is 4.16. The SMILES string of the molecule is FC(F)=C1C(C(F)(F)F)=C(F)C(F)(F)C(F)(F)C(F)=C1C(F)(F)F. The number of rotatable bonds is 0. The van der Waals surface area contributed by atoms with Gasteiger partial charge in [-0.2, -0.15) is 52.7 Å². The summed E-state index contributed by atoms with van der Waals surface area (Å²) in [4.78, 5) is 0. The third-order valence-corrected chi connectivity index (χ3v) is 2.64. The highest BCUT2D eigenvalue weighted by Crippen LogP contribution is 2.57. The standard InChI is InChI=1S/C10F14/c11-4-2(9(19,20)21)1(6(13)14)3(10(22,23)24)5(12)8(17,18)7(4,15)16. The van der Waals surface area contributed by atoms with E-state index < -0.39 is 58.7 Å². The molecular formula is C10F14. The van der Waals surface area contributed by atoms with Gasteiger partial charge in [-0.1, -0.05) is 0 Å². The van der Waals surface area contributed by atoms with Gasteiger partial charge in [-0.05, 0) is 0 Å². The van der Waals surface area contributed by atoms with Crippen LogP contribution in [0, 0.1) is 0 Å². The molecule has 0 saturated heterocycles. The highest BCUT2D eigenvalue weighted by Gasteiger charge is 2.70. The Bertz CT molecular complexity index is 583. The maximum atomic E-state index is 13.2. The predicted molar refractivity (Wildman–Crippen MR) is 47.5 cm³/mol. The van der Waals surface area contributed by atoms with Crippen LogP contribution in [0.3, 0.4) is 0 Å². The molecule has 0 atom stereocenters. The molecule has 0 aliphatic heterocycles. The Morgan fingerprint density at radius 1 is 0.625 bits per heavy atom. The lowest BCUT2D eigenvalue weighted by atomic mass is 9.97. The van der Waals surface area contributed by atoms with Crippen molar-refractivity contribution < 1.29 is 61.5 Å². The lowest BCUT2D eigenvalue weighted by Crippen LogP contribution is -2.42. The minimum Gasteiger partial charge on any atom is -0.204 e. The number of hydrogen-bond donors (Lipinski definition) is 0. The quantitative estimate of drug-likeness (QED) is 0.449. The topological polar surface area (TPSA) is 0 Å². The van der Waals surface area contributed by atoms with Crippen molar-refractivity contribution in [3.05, 3.63) is 34.5 Å². The van der Waals surface area contributed by atoms with E-state index >= 15 is 0 Å². The van der Waals surface area contributed by atoms with Crippen LogP contribution in [0.1, 0.15) is 0 Å². The molecule has 1 aliphatic carbocycles. The maximum Gasteiger partial charge on any atom is 0.419 e. The fourth-order valence-corrected chi connectivity index (χ4v) is 1.66. The average molecular weight is 386 g/mol. The van der Waals surface area contributed by atoms with E-state index in [1.807, 2.05) is 0 Å². The fourth-order valence-electron chi connectivity index (χ4n) is 1.66. The summed E-state index contributed by atoms with van der Waals surface area (Å²) in [6.07, 6.45) is -17.6. The van der Waals surface area contributed by atoms with Crippen LogP contribution in [-0.4, -0.2) is 24.2 Å². The van der Waals surface area contributed by atoms with Crippen molar-refractivity contribution in [2.24, 2.45) is 0 Å². The molecule has 0 bridgehead atoms. The summed E-state index contributed by atoms with van der Waals surface area (Å²) in [5, 5.41) is 0. The number of alkyl halides is 10. The van der Waals surface area contributed by atoms with Crippen molar-refractivity contribution in [3.63, 3.8) is 0 Å². The van der Waals surface area contributed by atoms with Crippen LogP contribution in [0.25, 0.3) is 0 Å². The zero-order chi connectivity index (χ0) is 19.5. The van der Waals surface area contributed by atoms with E-state index in [2.05, 4.69) is 0 Å². The third-order valence-electron chi connectivity index (χ3n) is 2.64. The van der Waals surface area contributed by atoms with Crippen molar-refractivity contribution in [1.82, 2.24) is 0 Å². The molecule has 14 heteroatoms. The van der Waals surface area contributed by atoms with Crippen LogP contribution in [0.15, 0.2) is 34.5 Å². The zero-order valence-electron chi connectivity index (χ0n) is 10.3. The van der Waals surface area contributed by atoms with Crippen LogP contribution in [0.4, 0.5) is 61.5 Å². The average Bonchev–Trinajstić information content (AvgIpc) is 2.36. The molecule has 0 aromatic heterocycles. The van der Waals surface area contributed by atoms with Gasteiger partial charge in [-0.25, -0.2) is 8.78 Å². The summed E-state index contributed by atoms with van der Waals surface area (Å²) >= 11 is 0. The Balaban J connectivity index is 4.24. The normalized spacial score (nSPS) is 22.0. The Kier molecular flexibility index (Phi) is 4.54. The second-order valence-corrected chi connectivity index (χ2v) is 4.16. The summed E-state index contributed by atoms with van der Waals surface area (Å²) < 4.78 is 179. The maximum absolute atomic E-state index is 13.2. The summed E-state index contributed by atoms with van der Waals surface area (Å²) in [5.41, 5.74) is -11.9. The highest BCUT2D eigenvalue weighted by atomic mass is 19.4.